The monoisotopic (exact) mass is 329 g/mol. The third kappa shape index (κ3) is 5.87. The molecule has 0 aliphatic carbocycles. The van der Waals surface area contributed by atoms with Crippen molar-refractivity contribution in [3.05, 3.63) is 46.5 Å². The van der Waals surface area contributed by atoms with Crippen LogP contribution in [0.25, 0.3) is 0 Å². The Kier molecular flexibility index (Phi) is 6.79. The summed E-state index contributed by atoms with van der Waals surface area (Å²) < 4.78 is 85.2. The molecule has 0 atom stereocenters. The highest BCUT2D eigenvalue weighted by molar-refractivity contribution is 6.07. The number of halogens is 7. The standard InChI is InChI=1S/C13H11F6N.CH3F/c1-7(2)3-11(20)8-4-9(12(14,15)16)6-10(5-8)13(17,18)19;1-2/h3-6,20H,1-2H3;1H3. The molecule has 0 radical (unpaired) electrons. The molecular formula is C14H14F7N. The van der Waals surface area contributed by atoms with E-state index in [1.807, 2.05) is 0 Å². The molecule has 0 fully saturated rings. The Balaban J connectivity index is 0.00000211. The van der Waals surface area contributed by atoms with E-state index in [0.29, 0.717) is 24.9 Å². The molecule has 0 aromatic heterocycles. The van der Waals surface area contributed by atoms with Crippen molar-refractivity contribution in [3.8, 4) is 0 Å². The van der Waals surface area contributed by atoms with Gasteiger partial charge in [0, 0.05) is 5.56 Å². The minimum Gasteiger partial charge on any atom is -0.300 e. The average molecular weight is 329 g/mol. The zero-order chi connectivity index (χ0) is 17.7. The highest BCUT2D eigenvalue weighted by Gasteiger charge is 2.37. The van der Waals surface area contributed by atoms with E-state index >= 15 is 0 Å². The van der Waals surface area contributed by atoms with Crippen molar-refractivity contribution in [2.24, 2.45) is 0 Å². The van der Waals surface area contributed by atoms with E-state index in [9.17, 15) is 30.7 Å². The lowest BCUT2D eigenvalue weighted by molar-refractivity contribution is -0.143. The number of rotatable bonds is 2. The van der Waals surface area contributed by atoms with E-state index in [-0.39, 0.29) is 6.07 Å². The summed E-state index contributed by atoms with van der Waals surface area (Å²) in [5, 5.41) is 7.55. The molecule has 0 unspecified atom stereocenters. The van der Waals surface area contributed by atoms with Gasteiger partial charge in [-0.15, -0.1) is 0 Å². The molecule has 22 heavy (non-hydrogen) atoms. The maximum Gasteiger partial charge on any atom is 0.416 e. The lowest BCUT2D eigenvalue weighted by Gasteiger charge is -2.14. The summed E-state index contributed by atoms with van der Waals surface area (Å²) in [7, 11) is 0.500. The molecule has 0 amide bonds. The van der Waals surface area contributed by atoms with Crippen LogP contribution in [0.5, 0.6) is 0 Å². The Morgan fingerprint density at radius 2 is 1.23 bits per heavy atom. The molecule has 0 saturated carbocycles. The third-order valence-corrected chi connectivity index (χ3v) is 2.33. The molecular weight excluding hydrogens is 315 g/mol. The van der Waals surface area contributed by atoms with Gasteiger partial charge in [0.15, 0.2) is 0 Å². The fraction of sp³-hybridized carbons (Fsp3) is 0.357. The van der Waals surface area contributed by atoms with Crippen molar-refractivity contribution in [3.63, 3.8) is 0 Å². The maximum absolute atomic E-state index is 12.6. The van der Waals surface area contributed by atoms with Gasteiger partial charge in [0.1, 0.15) is 0 Å². The van der Waals surface area contributed by atoms with Crippen molar-refractivity contribution in [1.29, 1.82) is 5.41 Å². The molecule has 1 rings (SSSR count). The van der Waals surface area contributed by atoms with Gasteiger partial charge in [-0.25, -0.2) is 0 Å². The van der Waals surface area contributed by atoms with Gasteiger partial charge in [0.25, 0.3) is 0 Å². The number of nitrogens with one attached hydrogen (secondary N) is 1. The molecule has 0 heterocycles. The number of hydrogen-bond acceptors (Lipinski definition) is 1. The summed E-state index contributed by atoms with van der Waals surface area (Å²) in [4.78, 5) is 0. The number of benzene rings is 1. The second-order valence-corrected chi connectivity index (χ2v) is 4.43. The summed E-state index contributed by atoms with van der Waals surface area (Å²) in [6.45, 7) is 3.18. The van der Waals surface area contributed by atoms with Crippen LogP contribution < -0.4 is 0 Å². The van der Waals surface area contributed by atoms with E-state index in [1.165, 1.54) is 6.08 Å². The number of hydrogen-bond donors (Lipinski definition) is 1. The molecule has 8 heteroatoms. The van der Waals surface area contributed by atoms with Crippen LogP contribution in [0.1, 0.15) is 30.5 Å². The molecule has 0 aliphatic rings. The first kappa shape index (κ1) is 20.1. The van der Waals surface area contributed by atoms with Crippen LogP contribution in [-0.4, -0.2) is 12.9 Å². The molecule has 1 N–H and O–H groups in total. The molecule has 1 nitrogen and oxygen atoms in total. The van der Waals surface area contributed by atoms with Gasteiger partial charge in [-0.3, -0.25) is 4.39 Å². The van der Waals surface area contributed by atoms with Crippen LogP contribution in [0.3, 0.4) is 0 Å². The Morgan fingerprint density at radius 1 is 0.864 bits per heavy atom. The second-order valence-electron chi connectivity index (χ2n) is 4.43. The van der Waals surface area contributed by atoms with Crippen LogP contribution in [0.4, 0.5) is 30.7 Å². The lowest BCUT2D eigenvalue weighted by Crippen LogP contribution is -2.13. The maximum atomic E-state index is 12.6. The fourth-order valence-electron chi connectivity index (χ4n) is 1.48. The van der Waals surface area contributed by atoms with Gasteiger partial charge >= 0.3 is 12.4 Å². The van der Waals surface area contributed by atoms with E-state index in [4.69, 9.17) is 5.41 Å². The second kappa shape index (κ2) is 7.42. The Bertz CT molecular complexity index is 517. The summed E-state index contributed by atoms with van der Waals surface area (Å²) in [6, 6.07) is 1.12. The SMILES string of the molecule is CC(C)=CC(=N)c1cc(C(F)(F)F)cc(C(F)(F)F)c1.CF. The van der Waals surface area contributed by atoms with Crippen molar-refractivity contribution in [2.45, 2.75) is 26.2 Å². The first-order valence-corrected chi connectivity index (χ1v) is 5.82. The quantitative estimate of drug-likeness (QED) is 0.536. The van der Waals surface area contributed by atoms with E-state index in [1.54, 1.807) is 13.8 Å². The van der Waals surface area contributed by atoms with Gasteiger partial charge in [-0.2, -0.15) is 26.3 Å². The average Bonchev–Trinajstić information content (AvgIpc) is 2.37. The molecule has 0 bridgehead atoms. The summed E-state index contributed by atoms with van der Waals surface area (Å²) >= 11 is 0. The summed E-state index contributed by atoms with van der Waals surface area (Å²) in [6.07, 6.45) is -8.60. The number of alkyl halides is 7. The molecule has 0 aliphatic heterocycles. The zero-order valence-electron chi connectivity index (χ0n) is 12.0. The first-order valence-electron chi connectivity index (χ1n) is 5.82. The molecule has 0 spiro atoms. The van der Waals surface area contributed by atoms with E-state index < -0.39 is 34.8 Å². The van der Waals surface area contributed by atoms with Crippen molar-refractivity contribution < 1.29 is 30.7 Å². The largest absolute Gasteiger partial charge is 0.416 e. The molecule has 1 aromatic carbocycles. The highest BCUT2D eigenvalue weighted by atomic mass is 19.4. The van der Waals surface area contributed by atoms with Gasteiger partial charge in [-0.05, 0) is 38.1 Å². The third-order valence-electron chi connectivity index (χ3n) is 2.33. The Morgan fingerprint density at radius 3 is 1.50 bits per heavy atom. The van der Waals surface area contributed by atoms with Gasteiger partial charge in [0.2, 0.25) is 0 Å². The van der Waals surface area contributed by atoms with Crippen LogP contribution in [0.15, 0.2) is 29.8 Å². The van der Waals surface area contributed by atoms with Gasteiger partial charge in [0.05, 0.1) is 24.0 Å². The molecule has 124 valence electrons. The van der Waals surface area contributed by atoms with Gasteiger partial charge in [-0.1, -0.05) is 5.57 Å². The van der Waals surface area contributed by atoms with E-state index in [0.717, 1.165) is 0 Å². The van der Waals surface area contributed by atoms with E-state index in [2.05, 4.69) is 0 Å². The van der Waals surface area contributed by atoms with Gasteiger partial charge < -0.3 is 5.41 Å². The van der Waals surface area contributed by atoms with Crippen LogP contribution in [-0.2, 0) is 12.4 Å². The smallest absolute Gasteiger partial charge is 0.300 e. The predicted octanol–water partition coefficient (Wildman–Crippen LogP) is 5.64. The molecule has 1 aromatic rings. The first-order chi connectivity index (χ1) is 9.91. The fourth-order valence-corrected chi connectivity index (χ4v) is 1.48. The minimum atomic E-state index is -4.90. The van der Waals surface area contributed by atoms with Crippen molar-refractivity contribution >= 4 is 5.71 Å². The lowest BCUT2D eigenvalue weighted by atomic mass is 10.0. The van der Waals surface area contributed by atoms with Crippen LogP contribution in [0, 0.1) is 5.41 Å². The molecule has 0 saturated heterocycles. The zero-order valence-corrected chi connectivity index (χ0v) is 12.0. The van der Waals surface area contributed by atoms with Crippen LogP contribution >= 0.6 is 0 Å². The summed E-state index contributed by atoms with van der Waals surface area (Å²) in [5.74, 6) is 0. The summed E-state index contributed by atoms with van der Waals surface area (Å²) in [5.41, 5.74) is -3.07. The normalized spacial score (nSPS) is 11.4. The van der Waals surface area contributed by atoms with Crippen LogP contribution in [0.2, 0.25) is 0 Å². The Hall–Kier alpha value is -1.86. The number of allylic oxidation sites excluding steroid dienone is 2. The van der Waals surface area contributed by atoms with Crippen molar-refractivity contribution in [2.75, 3.05) is 7.18 Å². The highest BCUT2D eigenvalue weighted by Crippen LogP contribution is 2.36. The van der Waals surface area contributed by atoms with Crippen molar-refractivity contribution in [1.82, 2.24) is 0 Å². The Labute approximate surface area is 123 Å². The predicted molar refractivity (Wildman–Crippen MR) is 69.7 cm³/mol. The minimum absolute atomic E-state index is 0.0410. The topological polar surface area (TPSA) is 23.9 Å².